The first-order valence-corrected chi connectivity index (χ1v) is 10.5. The van der Waals surface area contributed by atoms with E-state index in [1.807, 2.05) is 23.1 Å². The van der Waals surface area contributed by atoms with Crippen molar-refractivity contribution < 1.29 is 21.6 Å². The maximum atomic E-state index is 13.0. The van der Waals surface area contributed by atoms with E-state index in [1.165, 1.54) is 0 Å². The van der Waals surface area contributed by atoms with E-state index in [4.69, 9.17) is 16.9 Å². The van der Waals surface area contributed by atoms with Crippen LogP contribution in [0, 0.1) is 11.3 Å². The third-order valence-electron chi connectivity index (χ3n) is 4.70. The molecule has 0 N–H and O–H groups in total. The van der Waals surface area contributed by atoms with E-state index in [9.17, 15) is 21.6 Å². The van der Waals surface area contributed by atoms with Crippen LogP contribution in [0.2, 0.25) is 5.02 Å². The Morgan fingerprint density at radius 2 is 1.66 bits per heavy atom. The van der Waals surface area contributed by atoms with Gasteiger partial charge in [-0.05, 0) is 35.9 Å². The van der Waals surface area contributed by atoms with Crippen molar-refractivity contribution in [2.45, 2.75) is 17.6 Å². The van der Waals surface area contributed by atoms with Gasteiger partial charge in [0.05, 0.1) is 22.2 Å². The molecular formula is C19H17ClF3N3O2S. The first kappa shape index (κ1) is 21.6. The maximum Gasteiger partial charge on any atom is 0.416 e. The van der Waals surface area contributed by atoms with E-state index in [0.29, 0.717) is 31.3 Å². The Bertz CT molecular complexity index is 1030. The number of rotatable bonds is 4. The fourth-order valence-electron chi connectivity index (χ4n) is 3.09. The molecule has 2 aromatic carbocycles. The van der Waals surface area contributed by atoms with Crippen LogP contribution in [0.1, 0.15) is 16.7 Å². The van der Waals surface area contributed by atoms with Crippen molar-refractivity contribution in [3.63, 3.8) is 0 Å². The van der Waals surface area contributed by atoms with Crippen LogP contribution >= 0.6 is 11.6 Å². The van der Waals surface area contributed by atoms with Crippen LogP contribution in [0.4, 0.5) is 13.2 Å². The van der Waals surface area contributed by atoms with E-state index in [2.05, 4.69) is 0 Å². The molecule has 0 saturated carbocycles. The van der Waals surface area contributed by atoms with Gasteiger partial charge >= 0.3 is 6.18 Å². The highest BCUT2D eigenvalue weighted by Crippen LogP contribution is 2.34. The number of nitrogens with zero attached hydrogens (tertiary/aromatic N) is 3. The normalized spacial score (nSPS) is 16.5. The van der Waals surface area contributed by atoms with Crippen LogP contribution in [0.15, 0.2) is 47.4 Å². The molecule has 0 aliphatic carbocycles. The Morgan fingerprint density at radius 1 is 1.03 bits per heavy atom. The lowest BCUT2D eigenvalue weighted by Crippen LogP contribution is -2.48. The number of piperazine rings is 1. The molecule has 154 valence electrons. The average Bonchev–Trinajstić information content (AvgIpc) is 2.68. The molecule has 1 heterocycles. The number of hydrogen-bond acceptors (Lipinski definition) is 4. The topological polar surface area (TPSA) is 64.4 Å². The first-order valence-electron chi connectivity index (χ1n) is 8.69. The smallest absolute Gasteiger partial charge is 0.296 e. The minimum absolute atomic E-state index is 0.144. The average molecular weight is 444 g/mol. The third kappa shape index (κ3) is 4.90. The molecule has 10 heteroatoms. The van der Waals surface area contributed by atoms with Crippen molar-refractivity contribution in [3.8, 4) is 6.07 Å². The largest absolute Gasteiger partial charge is 0.416 e. The van der Waals surface area contributed by atoms with E-state index >= 15 is 0 Å². The summed E-state index contributed by atoms with van der Waals surface area (Å²) in [5, 5.41) is 8.60. The first-order chi connectivity index (χ1) is 13.6. The van der Waals surface area contributed by atoms with Crippen LogP contribution in [-0.4, -0.2) is 43.8 Å². The lowest BCUT2D eigenvalue weighted by atomic mass is 10.1. The van der Waals surface area contributed by atoms with Gasteiger partial charge in [0, 0.05) is 32.7 Å². The second kappa shape index (κ2) is 8.32. The quantitative estimate of drug-likeness (QED) is 0.722. The van der Waals surface area contributed by atoms with Crippen LogP contribution < -0.4 is 0 Å². The maximum absolute atomic E-state index is 13.0. The van der Waals surface area contributed by atoms with Gasteiger partial charge in [-0.3, -0.25) is 4.90 Å². The molecule has 1 aliphatic heterocycles. The molecule has 0 bridgehead atoms. The molecule has 0 radical (unpaired) electrons. The molecule has 0 aromatic heterocycles. The standard InChI is InChI=1S/C19H17ClF3N3O2S/c20-17-6-5-16(19(21,22)23)11-18(17)29(27,28)26-9-7-25(8-10-26)13-15-3-1-14(12-24)2-4-15/h1-6,11H,7-10,13H2. The van der Waals surface area contributed by atoms with Crippen LogP contribution in [0.3, 0.4) is 0 Å². The Labute approximate surface area is 172 Å². The number of nitriles is 1. The monoisotopic (exact) mass is 443 g/mol. The molecule has 0 unspecified atom stereocenters. The number of benzene rings is 2. The number of halogens is 4. The summed E-state index contributed by atoms with van der Waals surface area (Å²) in [6.07, 6.45) is -4.66. The Morgan fingerprint density at radius 3 is 2.21 bits per heavy atom. The van der Waals surface area contributed by atoms with Gasteiger partial charge in [-0.2, -0.15) is 22.7 Å². The minimum atomic E-state index is -4.66. The summed E-state index contributed by atoms with van der Waals surface area (Å²) in [5.74, 6) is 0. The van der Waals surface area contributed by atoms with Gasteiger partial charge in [0.15, 0.2) is 0 Å². The molecular weight excluding hydrogens is 427 g/mol. The Balaban J connectivity index is 1.70. The fourth-order valence-corrected chi connectivity index (χ4v) is 5.01. The van der Waals surface area contributed by atoms with E-state index in [1.54, 1.807) is 12.1 Å². The molecule has 5 nitrogen and oxygen atoms in total. The zero-order valence-electron chi connectivity index (χ0n) is 15.2. The highest BCUT2D eigenvalue weighted by Gasteiger charge is 2.35. The van der Waals surface area contributed by atoms with Crippen molar-refractivity contribution in [3.05, 3.63) is 64.2 Å². The van der Waals surface area contributed by atoms with E-state index in [-0.39, 0.29) is 18.1 Å². The molecule has 0 atom stereocenters. The Hall–Kier alpha value is -2.12. The van der Waals surface area contributed by atoms with E-state index < -0.39 is 26.7 Å². The molecule has 1 fully saturated rings. The Kier molecular flexibility index (Phi) is 6.19. The summed E-state index contributed by atoms with van der Waals surface area (Å²) >= 11 is 5.90. The molecule has 0 spiro atoms. The van der Waals surface area contributed by atoms with Crippen LogP contribution in [0.25, 0.3) is 0 Å². The van der Waals surface area contributed by atoms with Crippen molar-refractivity contribution in [2.75, 3.05) is 26.2 Å². The number of alkyl halides is 3. The second-order valence-electron chi connectivity index (χ2n) is 6.63. The van der Waals surface area contributed by atoms with Crippen molar-refractivity contribution >= 4 is 21.6 Å². The van der Waals surface area contributed by atoms with Crippen LogP contribution in [0.5, 0.6) is 0 Å². The van der Waals surface area contributed by atoms with Crippen molar-refractivity contribution in [1.82, 2.24) is 9.21 Å². The van der Waals surface area contributed by atoms with Gasteiger partial charge in [-0.15, -0.1) is 0 Å². The van der Waals surface area contributed by atoms with Gasteiger partial charge in [0.1, 0.15) is 4.90 Å². The minimum Gasteiger partial charge on any atom is -0.296 e. The second-order valence-corrected chi connectivity index (χ2v) is 8.95. The molecule has 2 aromatic rings. The molecule has 3 rings (SSSR count). The summed E-state index contributed by atoms with van der Waals surface area (Å²) in [7, 11) is -4.14. The number of hydrogen-bond donors (Lipinski definition) is 0. The summed E-state index contributed by atoms with van der Waals surface area (Å²) in [6.45, 7) is 1.73. The summed E-state index contributed by atoms with van der Waals surface area (Å²) in [4.78, 5) is 1.51. The van der Waals surface area contributed by atoms with Gasteiger partial charge in [-0.25, -0.2) is 8.42 Å². The van der Waals surface area contributed by atoms with Gasteiger partial charge in [0.25, 0.3) is 0 Å². The SMILES string of the molecule is N#Cc1ccc(CN2CCN(S(=O)(=O)c3cc(C(F)(F)F)ccc3Cl)CC2)cc1. The van der Waals surface area contributed by atoms with Crippen LogP contribution in [-0.2, 0) is 22.7 Å². The molecule has 0 amide bonds. The highest BCUT2D eigenvalue weighted by molar-refractivity contribution is 7.89. The fraction of sp³-hybridized carbons (Fsp3) is 0.316. The van der Waals surface area contributed by atoms with E-state index in [0.717, 1.165) is 22.0 Å². The van der Waals surface area contributed by atoms with Crippen molar-refractivity contribution in [1.29, 1.82) is 5.26 Å². The zero-order chi connectivity index (χ0) is 21.2. The highest BCUT2D eigenvalue weighted by atomic mass is 35.5. The molecule has 1 saturated heterocycles. The summed E-state index contributed by atoms with van der Waals surface area (Å²) < 4.78 is 65.7. The molecule has 29 heavy (non-hydrogen) atoms. The van der Waals surface area contributed by atoms with Crippen molar-refractivity contribution in [2.24, 2.45) is 0 Å². The van der Waals surface area contributed by atoms with Gasteiger partial charge in [-0.1, -0.05) is 23.7 Å². The van der Waals surface area contributed by atoms with Gasteiger partial charge < -0.3 is 0 Å². The summed E-state index contributed by atoms with van der Waals surface area (Å²) in [6, 6.07) is 11.4. The predicted molar refractivity (Wildman–Crippen MR) is 102 cm³/mol. The van der Waals surface area contributed by atoms with Gasteiger partial charge in [0.2, 0.25) is 10.0 Å². The predicted octanol–water partition coefficient (Wildman–Crippen LogP) is 3.74. The molecule has 1 aliphatic rings. The zero-order valence-corrected chi connectivity index (χ0v) is 16.7. The summed E-state index contributed by atoms with van der Waals surface area (Å²) in [5.41, 5.74) is 0.490. The third-order valence-corrected chi connectivity index (χ3v) is 7.08. The lowest BCUT2D eigenvalue weighted by molar-refractivity contribution is -0.137. The lowest BCUT2D eigenvalue weighted by Gasteiger charge is -2.34. The number of sulfonamides is 1.